The highest BCUT2D eigenvalue weighted by atomic mass is 16.3. The highest BCUT2D eigenvalue weighted by Gasteiger charge is 2.28. The Labute approximate surface area is 106 Å². The van der Waals surface area contributed by atoms with Gasteiger partial charge in [0, 0.05) is 24.2 Å². The van der Waals surface area contributed by atoms with Gasteiger partial charge in [0.25, 0.3) is 0 Å². The van der Waals surface area contributed by atoms with Crippen molar-refractivity contribution in [3.8, 4) is 5.75 Å². The molecule has 4 rings (SSSR count). The minimum absolute atomic E-state index is 0.440. The standard InChI is InChI=1S/C16H15NO/c18-15-8-7-11-5-3-9-17-14-6-2-1-4-12(14)10-13(15)16(11)17/h1-2,4,6-8,18H,3,5,9-10H2. The van der Waals surface area contributed by atoms with Crippen molar-refractivity contribution in [3.63, 3.8) is 0 Å². The van der Waals surface area contributed by atoms with Gasteiger partial charge < -0.3 is 10.0 Å². The largest absolute Gasteiger partial charge is 0.508 e. The highest BCUT2D eigenvalue weighted by molar-refractivity contribution is 5.79. The van der Waals surface area contributed by atoms with Crippen molar-refractivity contribution in [2.45, 2.75) is 19.3 Å². The van der Waals surface area contributed by atoms with Crippen LogP contribution in [0.15, 0.2) is 36.4 Å². The summed E-state index contributed by atoms with van der Waals surface area (Å²) in [6.07, 6.45) is 3.16. The molecule has 2 aromatic rings. The lowest BCUT2D eigenvalue weighted by Crippen LogP contribution is -2.29. The van der Waals surface area contributed by atoms with E-state index in [2.05, 4.69) is 35.2 Å². The summed E-state index contributed by atoms with van der Waals surface area (Å²) in [4.78, 5) is 2.38. The fourth-order valence-corrected chi connectivity index (χ4v) is 3.28. The predicted molar refractivity (Wildman–Crippen MR) is 72.7 cm³/mol. The topological polar surface area (TPSA) is 23.5 Å². The normalized spacial score (nSPS) is 16.1. The molecular weight excluding hydrogens is 222 g/mol. The van der Waals surface area contributed by atoms with Crippen LogP contribution in [0.3, 0.4) is 0 Å². The van der Waals surface area contributed by atoms with Crippen LogP contribution in [0.25, 0.3) is 0 Å². The van der Waals surface area contributed by atoms with Gasteiger partial charge in [0.05, 0.1) is 5.69 Å². The number of anilines is 2. The molecule has 0 radical (unpaired) electrons. The molecule has 2 aliphatic heterocycles. The van der Waals surface area contributed by atoms with E-state index in [1.165, 1.54) is 28.9 Å². The first kappa shape index (κ1) is 10.0. The van der Waals surface area contributed by atoms with E-state index in [9.17, 15) is 5.11 Å². The number of aromatic hydroxyl groups is 1. The van der Waals surface area contributed by atoms with Crippen LogP contribution < -0.4 is 4.90 Å². The number of nitrogens with zero attached hydrogens (tertiary/aromatic N) is 1. The molecule has 2 aromatic carbocycles. The number of hydrogen-bond donors (Lipinski definition) is 1. The van der Waals surface area contributed by atoms with E-state index in [0.717, 1.165) is 24.9 Å². The maximum absolute atomic E-state index is 10.1. The Morgan fingerprint density at radius 2 is 1.89 bits per heavy atom. The number of phenols is 1. The molecular formula is C16H15NO. The van der Waals surface area contributed by atoms with Crippen LogP contribution in [0.2, 0.25) is 0 Å². The van der Waals surface area contributed by atoms with Crippen molar-refractivity contribution >= 4 is 11.4 Å². The number of para-hydroxylation sites is 1. The molecule has 0 atom stereocenters. The summed E-state index contributed by atoms with van der Waals surface area (Å²) in [6, 6.07) is 12.5. The van der Waals surface area contributed by atoms with Gasteiger partial charge in [-0.2, -0.15) is 0 Å². The number of rotatable bonds is 0. The van der Waals surface area contributed by atoms with Crippen LogP contribution in [0.4, 0.5) is 11.4 Å². The van der Waals surface area contributed by atoms with E-state index in [1.54, 1.807) is 0 Å². The van der Waals surface area contributed by atoms with E-state index in [-0.39, 0.29) is 0 Å². The Hall–Kier alpha value is -1.96. The fraction of sp³-hybridized carbons (Fsp3) is 0.250. The van der Waals surface area contributed by atoms with E-state index >= 15 is 0 Å². The van der Waals surface area contributed by atoms with Gasteiger partial charge in [-0.25, -0.2) is 0 Å². The van der Waals surface area contributed by atoms with Gasteiger partial charge in [0.2, 0.25) is 0 Å². The number of phenolic OH excluding ortho intramolecular Hbond substituents is 1. The second-order valence-corrected chi connectivity index (χ2v) is 5.13. The Bertz CT molecular complexity index is 633. The lowest BCUT2D eigenvalue weighted by Gasteiger charge is -2.38. The van der Waals surface area contributed by atoms with Gasteiger partial charge in [0.15, 0.2) is 0 Å². The summed E-state index contributed by atoms with van der Waals surface area (Å²) < 4.78 is 0. The van der Waals surface area contributed by atoms with Crippen molar-refractivity contribution < 1.29 is 5.11 Å². The molecule has 0 fully saturated rings. The Morgan fingerprint density at radius 1 is 1.00 bits per heavy atom. The lowest BCUT2D eigenvalue weighted by atomic mass is 9.88. The molecule has 2 aliphatic rings. The third-order valence-electron chi connectivity index (χ3n) is 4.09. The summed E-state index contributed by atoms with van der Waals surface area (Å²) in [5, 5.41) is 10.1. The number of benzene rings is 2. The minimum atomic E-state index is 0.440. The third kappa shape index (κ3) is 1.23. The smallest absolute Gasteiger partial charge is 0.121 e. The van der Waals surface area contributed by atoms with E-state index in [0.29, 0.717) is 5.75 Å². The minimum Gasteiger partial charge on any atom is -0.508 e. The first-order chi connectivity index (χ1) is 8.84. The van der Waals surface area contributed by atoms with E-state index < -0.39 is 0 Å². The summed E-state index contributed by atoms with van der Waals surface area (Å²) in [7, 11) is 0. The molecule has 1 N–H and O–H groups in total. The number of fused-ring (bicyclic) bond motifs is 2. The Balaban J connectivity index is 2.01. The molecule has 0 aromatic heterocycles. The zero-order chi connectivity index (χ0) is 12.1. The van der Waals surface area contributed by atoms with Crippen LogP contribution in [-0.4, -0.2) is 11.7 Å². The molecule has 2 heterocycles. The van der Waals surface area contributed by atoms with Crippen molar-refractivity contribution in [1.29, 1.82) is 0 Å². The molecule has 2 heteroatoms. The molecule has 2 nitrogen and oxygen atoms in total. The molecule has 0 aliphatic carbocycles. The van der Waals surface area contributed by atoms with Crippen LogP contribution in [-0.2, 0) is 12.8 Å². The van der Waals surface area contributed by atoms with Gasteiger partial charge in [-0.05, 0) is 36.1 Å². The molecule has 0 saturated heterocycles. The molecule has 0 spiro atoms. The van der Waals surface area contributed by atoms with Crippen LogP contribution in [0.1, 0.15) is 23.1 Å². The number of hydrogen-bond acceptors (Lipinski definition) is 2. The van der Waals surface area contributed by atoms with E-state index in [4.69, 9.17) is 0 Å². The van der Waals surface area contributed by atoms with Crippen LogP contribution in [0, 0.1) is 0 Å². The number of aryl methyl sites for hydroxylation is 1. The average molecular weight is 237 g/mol. The quantitative estimate of drug-likeness (QED) is 0.759. The second kappa shape index (κ2) is 3.52. The molecule has 18 heavy (non-hydrogen) atoms. The van der Waals surface area contributed by atoms with Gasteiger partial charge in [-0.1, -0.05) is 24.3 Å². The monoisotopic (exact) mass is 237 g/mol. The van der Waals surface area contributed by atoms with Crippen molar-refractivity contribution in [1.82, 2.24) is 0 Å². The summed E-state index contributed by atoms with van der Waals surface area (Å²) >= 11 is 0. The zero-order valence-corrected chi connectivity index (χ0v) is 10.2. The van der Waals surface area contributed by atoms with Crippen molar-refractivity contribution in [3.05, 3.63) is 53.1 Å². The molecule has 0 saturated carbocycles. The van der Waals surface area contributed by atoms with Gasteiger partial charge in [-0.3, -0.25) is 0 Å². The Kier molecular flexibility index (Phi) is 1.95. The SMILES string of the molecule is Oc1ccc2c3c1Cc1ccccc1N3CCC2. The van der Waals surface area contributed by atoms with Crippen molar-refractivity contribution in [2.24, 2.45) is 0 Å². The fourth-order valence-electron chi connectivity index (χ4n) is 3.28. The molecule has 0 bridgehead atoms. The second-order valence-electron chi connectivity index (χ2n) is 5.13. The van der Waals surface area contributed by atoms with Crippen LogP contribution >= 0.6 is 0 Å². The highest BCUT2D eigenvalue weighted by Crippen LogP contribution is 2.46. The third-order valence-corrected chi connectivity index (χ3v) is 4.09. The molecule has 0 amide bonds. The van der Waals surface area contributed by atoms with Crippen LogP contribution in [0.5, 0.6) is 5.75 Å². The van der Waals surface area contributed by atoms with E-state index in [1.807, 2.05) is 6.07 Å². The van der Waals surface area contributed by atoms with Gasteiger partial charge >= 0.3 is 0 Å². The van der Waals surface area contributed by atoms with Crippen molar-refractivity contribution in [2.75, 3.05) is 11.4 Å². The Morgan fingerprint density at radius 3 is 2.83 bits per heavy atom. The first-order valence-electron chi connectivity index (χ1n) is 6.54. The maximum atomic E-state index is 10.1. The van der Waals surface area contributed by atoms with Gasteiger partial charge in [0.1, 0.15) is 5.75 Å². The molecule has 90 valence electrons. The summed E-state index contributed by atoms with van der Waals surface area (Å²) in [5.41, 5.74) is 6.38. The lowest BCUT2D eigenvalue weighted by molar-refractivity contribution is 0.468. The zero-order valence-electron chi connectivity index (χ0n) is 10.2. The average Bonchev–Trinajstić information content (AvgIpc) is 2.43. The molecule has 0 unspecified atom stereocenters. The summed E-state index contributed by atoms with van der Waals surface area (Å²) in [5.74, 6) is 0.440. The first-order valence-corrected chi connectivity index (χ1v) is 6.54. The maximum Gasteiger partial charge on any atom is 0.121 e. The van der Waals surface area contributed by atoms with Gasteiger partial charge in [-0.15, -0.1) is 0 Å². The summed E-state index contributed by atoms with van der Waals surface area (Å²) in [6.45, 7) is 1.06. The predicted octanol–water partition coefficient (Wildman–Crippen LogP) is 3.38.